The number of halogens is 1. The largest absolute Gasteiger partial charge is 0.364 e. The van der Waals surface area contributed by atoms with E-state index >= 15 is 0 Å². The van der Waals surface area contributed by atoms with Gasteiger partial charge >= 0.3 is 0 Å². The van der Waals surface area contributed by atoms with Crippen LogP contribution in [0.2, 0.25) is 5.02 Å². The van der Waals surface area contributed by atoms with Crippen molar-refractivity contribution in [3.63, 3.8) is 0 Å². The second-order valence-corrected chi connectivity index (χ2v) is 4.05. The molecule has 2 N–H and O–H groups in total. The van der Waals surface area contributed by atoms with Crippen LogP contribution in [0.4, 0.5) is 0 Å². The molecule has 0 radical (unpaired) electrons. The quantitative estimate of drug-likeness (QED) is 0.859. The van der Waals surface area contributed by atoms with Crippen LogP contribution in [0.5, 0.6) is 0 Å². The molecule has 4 nitrogen and oxygen atoms in total. The number of carbonyl (C=O) groups is 2. The summed E-state index contributed by atoms with van der Waals surface area (Å²) < 4.78 is 0. The van der Waals surface area contributed by atoms with Crippen molar-refractivity contribution in [3.05, 3.63) is 64.4 Å². The van der Waals surface area contributed by atoms with Crippen molar-refractivity contribution >= 4 is 23.3 Å². The van der Waals surface area contributed by atoms with Gasteiger partial charge < -0.3 is 5.73 Å². The molecule has 0 aliphatic rings. The molecule has 1 heterocycles. The zero-order chi connectivity index (χ0) is 13.1. The van der Waals surface area contributed by atoms with Crippen LogP contribution < -0.4 is 5.73 Å². The zero-order valence-electron chi connectivity index (χ0n) is 9.26. The summed E-state index contributed by atoms with van der Waals surface area (Å²) in [6.45, 7) is 0. The normalized spacial score (nSPS) is 10.1. The smallest absolute Gasteiger partial charge is 0.268 e. The highest BCUT2D eigenvalue weighted by Gasteiger charge is 2.18. The molecule has 0 saturated heterocycles. The topological polar surface area (TPSA) is 73.1 Å². The Morgan fingerprint density at radius 3 is 2.44 bits per heavy atom. The maximum atomic E-state index is 12.2. The van der Waals surface area contributed by atoms with Gasteiger partial charge in [0, 0.05) is 11.8 Å². The van der Waals surface area contributed by atoms with Crippen molar-refractivity contribution < 1.29 is 9.59 Å². The van der Waals surface area contributed by atoms with E-state index in [1.165, 1.54) is 12.3 Å². The Bertz CT molecular complexity index is 612. The molecule has 0 bridgehead atoms. The predicted molar refractivity (Wildman–Crippen MR) is 67.6 cm³/mol. The average Bonchev–Trinajstić information content (AvgIpc) is 2.38. The lowest BCUT2D eigenvalue weighted by Gasteiger charge is -2.05. The van der Waals surface area contributed by atoms with E-state index in [1.54, 1.807) is 30.3 Å². The minimum Gasteiger partial charge on any atom is -0.364 e. The van der Waals surface area contributed by atoms with Gasteiger partial charge in [0.2, 0.25) is 0 Å². The molecular formula is C13H9ClN2O2. The van der Waals surface area contributed by atoms with E-state index in [-0.39, 0.29) is 22.1 Å². The van der Waals surface area contributed by atoms with Gasteiger partial charge in [-0.1, -0.05) is 41.9 Å². The fraction of sp³-hybridized carbons (Fsp3) is 0. The second-order valence-electron chi connectivity index (χ2n) is 3.61. The molecule has 1 aromatic carbocycles. The third-order valence-electron chi connectivity index (χ3n) is 2.37. The van der Waals surface area contributed by atoms with Gasteiger partial charge in [-0.2, -0.15) is 0 Å². The number of nitrogens with two attached hydrogens (primary N) is 1. The summed E-state index contributed by atoms with van der Waals surface area (Å²) >= 11 is 5.79. The van der Waals surface area contributed by atoms with Crippen molar-refractivity contribution in [1.29, 1.82) is 0 Å². The van der Waals surface area contributed by atoms with Crippen LogP contribution in [-0.4, -0.2) is 16.7 Å². The van der Waals surface area contributed by atoms with E-state index in [2.05, 4.69) is 4.98 Å². The number of primary amides is 1. The number of pyridine rings is 1. The van der Waals surface area contributed by atoms with Crippen molar-refractivity contribution in [2.75, 3.05) is 0 Å². The van der Waals surface area contributed by atoms with Crippen LogP contribution in [0.3, 0.4) is 0 Å². The molecule has 0 atom stereocenters. The number of ketones is 1. The van der Waals surface area contributed by atoms with Crippen molar-refractivity contribution in [1.82, 2.24) is 4.98 Å². The Balaban J connectivity index is 2.54. The van der Waals surface area contributed by atoms with E-state index in [0.717, 1.165) is 0 Å². The van der Waals surface area contributed by atoms with Gasteiger partial charge in [0.1, 0.15) is 5.69 Å². The summed E-state index contributed by atoms with van der Waals surface area (Å²) in [6, 6.07) is 9.94. The Labute approximate surface area is 108 Å². The molecule has 2 rings (SSSR count). The van der Waals surface area contributed by atoms with E-state index in [0.29, 0.717) is 5.56 Å². The number of benzene rings is 1. The standard InChI is InChI=1S/C13H9ClN2O2/c14-9-6-10(11(13(15)18)16-7-9)12(17)8-4-2-1-3-5-8/h1-7H,(H2,15,18). The lowest BCUT2D eigenvalue weighted by molar-refractivity contribution is 0.0976. The molecule has 1 aromatic heterocycles. The predicted octanol–water partition coefficient (Wildman–Crippen LogP) is 2.06. The molecule has 1 amide bonds. The molecule has 2 aromatic rings. The van der Waals surface area contributed by atoms with E-state index in [1.807, 2.05) is 0 Å². The lowest BCUT2D eigenvalue weighted by atomic mass is 10.0. The Morgan fingerprint density at radius 1 is 1.17 bits per heavy atom. The van der Waals surface area contributed by atoms with E-state index in [9.17, 15) is 9.59 Å². The van der Waals surface area contributed by atoms with E-state index < -0.39 is 5.91 Å². The first-order valence-electron chi connectivity index (χ1n) is 5.14. The summed E-state index contributed by atoms with van der Waals surface area (Å²) in [5.41, 5.74) is 5.67. The van der Waals surface area contributed by atoms with Gasteiger partial charge in [0.05, 0.1) is 10.6 Å². The summed E-state index contributed by atoms with van der Waals surface area (Å²) in [4.78, 5) is 27.2. The molecule has 0 aliphatic carbocycles. The molecular weight excluding hydrogens is 252 g/mol. The number of amides is 1. The van der Waals surface area contributed by atoms with Gasteiger partial charge in [0.25, 0.3) is 5.91 Å². The van der Waals surface area contributed by atoms with Gasteiger partial charge in [-0.25, -0.2) is 4.98 Å². The van der Waals surface area contributed by atoms with Gasteiger partial charge in [-0.3, -0.25) is 9.59 Å². The highest BCUT2D eigenvalue weighted by atomic mass is 35.5. The SMILES string of the molecule is NC(=O)c1ncc(Cl)cc1C(=O)c1ccccc1. The van der Waals surface area contributed by atoms with Gasteiger partial charge in [-0.05, 0) is 6.07 Å². The first-order valence-corrected chi connectivity index (χ1v) is 5.52. The first-order chi connectivity index (χ1) is 8.59. The number of carbonyl (C=O) groups excluding carboxylic acids is 2. The maximum absolute atomic E-state index is 12.2. The van der Waals surface area contributed by atoms with Crippen LogP contribution in [0, 0.1) is 0 Å². The third-order valence-corrected chi connectivity index (χ3v) is 2.58. The number of nitrogens with zero attached hydrogens (tertiary/aromatic N) is 1. The Kier molecular flexibility index (Phi) is 3.39. The molecule has 5 heteroatoms. The summed E-state index contributed by atoms with van der Waals surface area (Å²) in [5, 5.41) is 0.277. The molecule has 0 unspecified atom stereocenters. The minimum absolute atomic E-state index is 0.0757. The third kappa shape index (κ3) is 2.38. The van der Waals surface area contributed by atoms with Crippen LogP contribution >= 0.6 is 11.6 Å². The zero-order valence-corrected chi connectivity index (χ0v) is 10.0. The summed E-state index contributed by atoms with van der Waals surface area (Å²) in [7, 11) is 0. The highest BCUT2D eigenvalue weighted by Crippen LogP contribution is 2.17. The number of rotatable bonds is 3. The Hall–Kier alpha value is -2.20. The molecule has 0 aliphatic heterocycles. The fourth-order valence-electron chi connectivity index (χ4n) is 1.55. The van der Waals surface area contributed by atoms with E-state index in [4.69, 9.17) is 17.3 Å². The number of hydrogen-bond donors (Lipinski definition) is 1. The highest BCUT2D eigenvalue weighted by molar-refractivity contribution is 6.31. The molecule has 0 saturated carbocycles. The van der Waals surface area contributed by atoms with Crippen LogP contribution in [0.25, 0.3) is 0 Å². The summed E-state index contributed by atoms with van der Waals surface area (Å²) in [5.74, 6) is -1.09. The maximum Gasteiger partial charge on any atom is 0.268 e. The van der Waals surface area contributed by atoms with Crippen LogP contribution in [0.1, 0.15) is 26.4 Å². The van der Waals surface area contributed by atoms with Crippen molar-refractivity contribution in [2.45, 2.75) is 0 Å². The number of aromatic nitrogens is 1. The Morgan fingerprint density at radius 2 is 1.83 bits per heavy atom. The molecule has 18 heavy (non-hydrogen) atoms. The van der Waals surface area contributed by atoms with Crippen LogP contribution in [0.15, 0.2) is 42.6 Å². The van der Waals surface area contributed by atoms with Crippen molar-refractivity contribution in [3.8, 4) is 0 Å². The first kappa shape index (κ1) is 12.3. The molecule has 90 valence electrons. The monoisotopic (exact) mass is 260 g/mol. The van der Waals surface area contributed by atoms with Gasteiger partial charge in [0.15, 0.2) is 5.78 Å². The van der Waals surface area contributed by atoms with Crippen LogP contribution in [-0.2, 0) is 0 Å². The summed E-state index contributed by atoms with van der Waals surface area (Å²) in [6.07, 6.45) is 1.28. The average molecular weight is 261 g/mol. The second kappa shape index (κ2) is 4.98. The number of hydrogen-bond acceptors (Lipinski definition) is 3. The molecule has 0 spiro atoms. The van der Waals surface area contributed by atoms with Crippen molar-refractivity contribution in [2.24, 2.45) is 5.73 Å². The lowest BCUT2D eigenvalue weighted by Crippen LogP contribution is -2.18. The molecule has 0 fully saturated rings. The van der Waals surface area contributed by atoms with Gasteiger partial charge in [-0.15, -0.1) is 0 Å². The fourth-order valence-corrected chi connectivity index (χ4v) is 1.71. The minimum atomic E-state index is -0.758.